The molecule has 1 aliphatic heterocycles. The molecule has 0 radical (unpaired) electrons. The van der Waals surface area contributed by atoms with Crippen molar-refractivity contribution in [3.63, 3.8) is 0 Å². The van der Waals surface area contributed by atoms with Crippen molar-refractivity contribution in [1.82, 2.24) is 20.4 Å². The van der Waals surface area contributed by atoms with Gasteiger partial charge in [-0.05, 0) is 0 Å². The maximum atomic E-state index is 11.9. The number of nitrogens with zero attached hydrogens (tertiary/aromatic N) is 4. The second-order valence-electron chi connectivity index (χ2n) is 4.54. The second kappa shape index (κ2) is 6.31. The lowest BCUT2D eigenvalue weighted by atomic mass is 10.3. The second-order valence-corrected chi connectivity index (χ2v) is 4.54. The predicted octanol–water partition coefficient (Wildman–Crippen LogP) is 0.231. The van der Waals surface area contributed by atoms with E-state index in [1.54, 1.807) is 6.07 Å². The van der Waals surface area contributed by atoms with E-state index in [9.17, 15) is 4.79 Å². The molecule has 0 saturated carbocycles. The Balaban J connectivity index is 1.59. The van der Waals surface area contributed by atoms with E-state index in [0.29, 0.717) is 37.0 Å². The van der Waals surface area contributed by atoms with E-state index in [4.69, 9.17) is 9.26 Å². The van der Waals surface area contributed by atoms with Gasteiger partial charge >= 0.3 is 0 Å². The molecule has 0 unspecified atom stereocenters. The normalized spacial score (nSPS) is 15.0. The highest BCUT2D eigenvalue weighted by Gasteiger charge is 2.14. The van der Waals surface area contributed by atoms with E-state index in [1.165, 1.54) is 18.7 Å². The van der Waals surface area contributed by atoms with Gasteiger partial charge in [-0.3, -0.25) is 4.79 Å². The summed E-state index contributed by atoms with van der Waals surface area (Å²) >= 11 is 0. The van der Waals surface area contributed by atoms with Crippen LogP contribution in [0.1, 0.15) is 16.1 Å². The molecular formula is C13H15N5O3. The molecule has 8 nitrogen and oxygen atoms in total. The Morgan fingerprint density at radius 1 is 1.29 bits per heavy atom. The maximum absolute atomic E-state index is 11.9. The fourth-order valence-electron chi connectivity index (χ4n) is 1.97. The van der Waals surface area contributed by atoms with Gasteiger partial charge in [-0.25, -0.2) is 9.97 Å². The van der Waals surface area contributed by atoms with Crippen LogP contribution in [-0.2, 0) is 11.3 Å². The van der Waals surface area contributed by atoms with Gasteiger partial charge in [0.1, 0.15) is 12.0 Å². The number of hydrogen-bond acceptors (Lipinski definition) is 7. The molecule has 1 aliphatic rings. The van der Waals surface area contributed by atoms with Gasteiger partial charge in [0.2, 0.25) is 5.95 Å². The zero-order chi connectivity index (χ0) is 14.5. The van der Waals surface area contributed by atoms with E-state index in [0.717, 1.165) is 13.1 Å². The predicted molar refractivity (Wildman–Crippen MR) is 72.7 cm³/mol. The third kappa shape index (κ3) is 3.34. The number of aromatic nitrogens is 3. The van der Waals surface area contributed by atoms with Crippen molar-refractivity contribution in [2.45, 2.75) is 6.54 Å². The average Bonchev–Trinajstić information content (AvgIpc) is 3.07. The molecule has 2 aromatic rings. The highest BCUT2D eigenvalue weighted by atomic mass is 16.5. The molecular weight excluding hydrogens is 274 g/mol. The summed E-state index contributed by atoms with van der Waals surface area (Å²) in [7, 11) is 0. The van der Waals surface area contributed by atoms with Crippen LogP contribution in [0, 0.1) is 0 Å². The largest absolute Gasteiger partial charge is 0.378 e. The minimum absolute atomic E-state index is 0.244. The van der Waals surface area contributed by atoms with Gasteiger partial charge in [0.05, 0.1) is 25.3 Å². The van der Waals surface area contributed by atoms with Crippen LogP contribution in [0.3, 0.4) is 0 Å². The van der Waals surface area contributed by atoms with E-state index in [1.807, 2.05) is 4.90 Å². The summed E-state index contributed by atoms with van der Waals surface area (Å²) < 4.78 is 9.97. The quantitative estimate of drug-likeness (QED) is 0.861. The average molecular weight is 289 g/mol. The fraction of sp³-hybridized carbons (Fsp3) is 0.385. The minimum Gasteiger partial charge on any atom is -0.378 e. The van der Waals surface area contributed by atoms with Gasteiger partial charge < -0.3 is 19.5 Å². The molecule has 1 saturated heterocycles. The monoisotopic (exact) mass is 289 g/mol. The zero-order valence-electron chi connectivity index (χ0n) is 11.4. The molecule has 8 heteroatoms. The van der Waals surface area contributed by atoms with Gasteiger partial charge in [-0.2, -0.15) is 0 Å². The minimum atomic E-state index is -0.244. The number of hydrogen-bond donors (Lipinski definition) is 1. The van der Waals surface area contributed by atoms with Gasteiger partial charge in [-0.15, -0.1) is 0 Å². The third-order valence-electron chi connectivity index (χ3n) is 3.12. The van der Waals surface area contributed by atoms with Crippen molar-refractivity contribution in [3.8, 4) is 0 Å². The molecule has 0 atom stereocenters. The first-order valence-electron chi connectivity index (χ1n) is 6.65. The number of rotatable bonds is 4. The van der Waals surface area contributed by atoms with E-state index in [-0.39, 0.29) is 5.91 Å². The van der Waals surface area contributed by atoms with Crippen LogP contribution < -0.4 is 10.2 Å². The Kier molecular flexibility index (Phi) is 4.06. The van der Waals surface area contributed by atoms with Crippen LogP contribution in [0.5, 0.6) is 0 Å². The molecule has 0 aromatic carbocycles. The first-order valence-corrected chi connectivity index (χ1v) is 6.65. The van der Waals surface area contributed by atoms with Gasteiger partial charge in [-0.1, -0.05) is 5.16 Å². The molecule has 2 aromatic heterocycles. The highest BCUT2D eigenvalue weighted by Crippen LogP contribution is 2.09. The lowest BCUT2D eigenvalue weighted by molar-refractivity contribution is 0.0949. The number of morpholine rings is 1. The Hall–Kier alpha value is -2.48. The molecule has 0 spiro atoms. The number of nitrogens with one attached hydrogen (secondary N) is 1. The Bertz CT molecular complexity index is 578. The van der Waals surface area contributed by atoms with Gasteiger partial charge in [0.15, 0.2) is 0 Å². The smallest absolute Gasteiger partial charge is 0.254 e. The third-order valence-corrected chi connectivity index (χ3v) is 3.12. The summed E-state index contributed by atoms with van der Waals surface area (Å²) in [6.45, 7) is 3.17. The highest BCUT2D eigenvalue weighted by molar-refractivity contribution is 5.93. The Morgan fingerprint density at radius 3 is 2.71 bits per heavy atom. The topological polar surface area (TPSA) is 93.4 Å². The van der Waals surface area contributed by atoms with Crippen molar-refractivity contribution in [1.29, 1.82) is 0 Å². The van der Waals surface area contributed by atoms with Crippen LogP contribution in [0.4, 0.5) is 5.95 Å². The number of ether oxygens (including phenoxy) is 1. The van der Waals surface area contributed by atoms with Crippen molar-refractivity contribution in [3.05, 3.63) is 36.0 Å². The van der Waals surface area contributed by atoms with Crippen LogP contribution >= 0.6 is 0 Å². The fourth-order valence-corrected chi connectivity index (χ4v) is 1.97. The maximum Gasteiger partial charge on any atom is 0.254 e. The zero-order valence-corrected chi connectivity index (χ0v) is 11.4. The SMILES string of the molecule is O=C(NCc1ccon1)c1cnc(N2CCOCC2)nc1. The molecule has 110 valence electrons. The summed E-state index contributed by atoms with van der Waals surface area (Å²) in [5, 5.41) is 6.44. The lowest BCUT2D eigenvalue weighted by Crippen LogP contribution is -2.37. The molecule has 1 amide bonds. The molecule has 3 rings (SSSR count). The summed E-state index contributed by atoms with van der Waals surface area (Å²) in [5.41, 5.74) is 1.07. The first kappa shape index (κ1) is 13.5. The molecule has 1 N–H and O–H groups in total. The summed E-state index contributed by atoms with van der Waals surface area (Å²) in [4.78, 5) is 22.4. The van der Waals surface area contributed by atoms with Crippen molar-refractivity contribution < 1.29 is 14.1 Å². The van der Waals surface area contributed by atoms with Crippen molar-refractivity contribution in [2.75, 3.05) is 31.2 Å². The van der Waals surface area contributed by atoms with Gasteiger partial charge in [0, 0.05) is 31.5 Å². The Labute approximate surface area is 121 Å². The number of anilines is 1. The summed E-state index contributed by atoms with van der Waals surface area (Å²) in [6, 6.07) is 1.69. The van der Waals surface area contributed by atoms with Crippen molar-refractivity contribution >= 4 is 11.9 Å². The number of amides is 1. The molecule has 3 heterocycles. The van der Waals surface area contributed by atoms with E-state index >= 15 is 0 Å². The van der Waals surface area contributed by atoms with Crippen LogP contribution in [0.15, 0.2) is 29.2 Å². The van der Waals surface area contributed by atoms with E-state index < -0.39 is 0 Å². The first-order chi connectivity index (χ1) is 10.3. The van der Waals surface area contributed by atoms with Crippen LogP contribution in [-0.4, -0.2) is 47.3 Å². The Morgan fingerprint density at radius 2 is 2.05 bits per heavy atom. The van der Waals surface area contributed by atoms with Gasteiger partial charge in [0.25, 0.3) is 5.91 Å². The summed E-state index contributed by atoms with van der Waals surface area (Å²) in [5.74, 6) is 0.373. The molecule has 0 aliphatic carbocycles. The number of carbonyl (C=O) groups is 1. The van der Waals surface area contributed by atoms with E-state index in [2.05, 4.69) is 20.4 Å². The number of carbonyl (C=O) groups excluding carboxylic acids is 1. The van der Waals surface area contributed by atoms with Crippen LogP contribution in [0.2, 0.25) is 0 Å². The lowest BCUT2D eigenvalue weighted by Gasteiger charge is -2.26. The molecule has 21 heavy (non-hydrogen) atoms. The standard InChI is InChI=1S/C13H15N5O3/c19-12(14-9-11-1-4-21-17-11)10-7-15-13(16-8-10)18-2-5-20-6-3-18/h1,4,7-8H,2-3,5-6,9H2,(H,14,19). The molecule has 0 bridgehead atoms. The van der Waals surface area contributed by atoms with Crippen molar-refractivity contribution in [2.24, 2.45) is 0 Å². The summed E-state index contributed by atoms with van der Waals surface area (Å²) in [6.07, 6.45) is 4.51. The molecule has 1 fully saturated rings. The van der Waals surface area contributed by atoms with Crippen LogP contribution in [0.25, 0.3) is 0 Å².